The van der Waals surface area contributed by atoms with Crippen LogP contribution in [0.1, 0.15) is 70.9 Å². The van der Waals surface area contributed by atoms with E-state index in [1.165, 1.54) is 17.5 Å². The molecule has 2 atom stereocenters. The van der Waals surface area contributed by atoms with Crippen molar-refractivity contribution in [1.29, 1.82) is 0 Å². The van der Waals surface area contributed by atoms with Gasteiger partial charge in [-0.3, -0.25) is 4.99 Å². The van der Waals surface area contributed by atoms with Gasteiger partial charge in [-0.1, -0.05) is 45.0 Å². The van der Waals surface area contributed by atoms with Crippen LogP contribution in [0.4, 0.5) is 0 Å². The highest BCUT2D eigenvalue weighted by Gasteiger charge is 2.17. The predicted octanol–water partition coefficient (Wildman–Crippen LogP) is 4.23. The third-order valence-corrected chi connectivity index (χ3v) is 4.76. The second-order valence-electron chi connectivity index (χ2n) is 8.18. The van der Waals surface area contributed by atoms with Crippen LogP contribution in [0.5, 0.6) is 0 Å². The van der Waals surface area contributed by atoms with E-state index in [1.807, 2.05) is 0 Å². The van der Waals surface area contributed by atoms with Gasteiger partial charge in [0, 0.05) is 19.1 Å². The van der Waals surface area contributed by atoms with Crippen LogP contribution in [-0.2, 0) is 11.8 Å². The van der Waals surface area contributed by atoms with Crippen molar-refractivity contribution in [1.82, 2.24) is 5.32 Å². The SMILES string of the molecule is CC(Cc1ccc(C(C)(C)C)cc1)NC1=NC(CCCO)CCC1. The minimum atomic E-state index is 0.211. The predicted molar refractivity (Wildman–Crippen MR) is 103 cm³/mol. The number of aliphatic hydroxyl groups is 1. The first kappa shape index (κ1) is 19.0. The minimum absolute atomic E-state index is 0.211. The van der Waals surface area contributed by atoms with Gasteiger partial charge in [0.1, 0.15) is 0 Å². The summed E-state index contributed by atoms with van der Waals surface area (Å²) in [7, 11) is 0. The molecule has 1 aliphatic rings. The Bertz CT molecular complexity index is 528. The lowest BCUT2D eigenvalue weighted by Crippen LogP contribution is -2.36. The van der Waals surface area contributed by atoms with Gasteiger partial charge in [0.2, 0.25) is 0 Å². The van der Waals surface area contributed by atoms with Gasteiger partial charge in [0.05, 0.1) is 11.9 Å². The number of hydrogen-bond acceptors (Lipinski definition) is 3. The van der Waals surface area contributed by atoms with Crippen LogP contribution in [0.25, 0.3) is 0 Å². The van der Waals surface area contributed by atoms with Crippen molar-refractivity contribution < 1.29 is 5.11 Å². The summed E-state index contributed by atoms with van der Waals surface area (Å²) in [5.74, 6) is 1.16. The van der Waals surface area contributed by atoms with E-state index < -0.39 is 0 Å². The maximum absolute atomic E-state index is 8.98. The van der Waals surface area contributed by atoms with Gasteiger partial charge in [0.25, 0.3) is 0 Å². The zero-order valence-corrected chi connectivity index (χ0v) is 15.8. The molecule has 0 spiro atoms. The van der Waals surface area contributed by atoms with Crippen molar-refractivity contribution in [2.45, 2.75) is 83.7 Å². The molecule has 2 rings (SSSR count). The van der Waals surface area contributed by atoms with Crippen LogP contribution in [0.15, 0.2) is 29.3 Å². The van der Waals surface area contributed by atoms with Crippen molar-refractivity contribution in [3.8, 4) is 0 Å². The molecule has 3 nitrogen and oxygen atoms in total. The number of aliphatic hydroxyl groups excluding tert-OH is 1. The Labute approximate surface area is 147 Å². The summed E-state index contributed by atoms with van der Waals surface area (Å²) in [5, 5.41) is 12.6. The van der Waals surface area contributed by atoms with Crippen molar-refractivity contribution in [3.05, 3.63) is 35.4 Å². The van der Waals surface area contributed by atoms with E-state index in [4.69, 9.17) is 10.1 Å². The number of amidine groups is 1. The number of nitrogens with zero attached hydrogens (tertiary/aromatic N) is 1. The molecule has 2 unspecified atom stereocenters. The summed E-state index contributed by atoms with van der Waals surface area (Å²) in [4.78, 5) is 4.84. The molecule has 0 radical (unpaired) electrons. The smallest absolute Gasteiger partial charge is 0.0968 e. The van der Waals surface area contributed by atoms with Gasteiger partial charge in [-0.2, -0.15) is 0 Å². The maximum atomic E-state index is 8.98. The minimum Gasteiger partial charge on any atom is -0.396 e. The monoisotopic (exact) mass is 330 g/mol. The summed E-state index contributed by atoms with van der Waals surface area (Å²) < 4.78 is 0. The molecule has 134 valence electrons. The molecular formula is C21H34N2O. The molecule has 0 amide bonds. The molecule has 0 bridgehead atoms. The highest BCUT2D eigenvalue weighted by atomic mass is 16.2. The van der Waals surface area contributed by atoms with Gasteiger partial charge in [-0.25, -0.2) is 0 Å². The molecule has 0 saturated heterocycles. The zero-order chi connectivity index (χ0) is 17.6. The number of hydrogen-bond donors (Lipinski definition) is 2. The standard InChI is InChI=1S/C21H34N2O/c1-16(15-17-10-12-18(13-11-17)21(2,3)4)22-20-9-5-7-19(23-20)8-6-14-24/h10-13,16,19,24H,5-9,14-15H2,1-4H3,(H,22,23). The van der Waals surface area contributed by atoms with E-state index in [1.54, 1.807) is 0 Å². The van der Waals surface area contributed by atoms with E-state index in [0.29, 0.717) is 12.1 Å². The Kier molecular flexibility index (Phi) is 6.85. The van der Waals surface area contributed by atoms with Crippen molar-refractivity contribution in [2.75, 3.05) is 6.61 Å². The number of nitrogens with one attached hydrogen (secondary N) is 1. The molecule has 2 N–H and O–H groups in total. The van der Waals surface area contributed by atoms with E-state index >= 15 is 0 Å². The Morgan fingerprint density at radius 2 is 1.96 bits per heavy atom. The van der Waals surface area contributed by atoms with Crippen LogP contribution >= 0.6 is 0 Å². The van der Waals surface area contributed by atoms with Crippen molar-refractivity contribution >= 4 is 5.84 Å². The van der Waals surface area contributed by atoms with Crippen molar-refractivity contribution in [3.63, 3.8) is 0 Å². The largest absolute Gasteiger partial charge is 0.396 e. The normalized spacial score (nSPS) is 19.7. The second-order valence-corrected chi connectivity index (χ2v) is 8.18. The lowest BCUT2D eigenvalue weighted by molar-refractivity contribution is 0.277. The summed E-state index contributed by atoms with van der Waals surface area (Å²) in [6.07, 6.45) is 6.30. The van der Waals surface area contributed by atoms with Crippen LogP contribution in [-0.4, -0.2) is 29.6 Å². The van der Waals surface area contributed by atoms with Gasteiger partial charge < -0.3 is 10.4 Å². The molecule has 0 fully saturated rings. The quantitative estimate of drug-likeness (QED) is 0.820. The van der Waals surface area contributed by atoms with Crippen molar-refractivity contribution in [2.24, 2.45) is 4.99 Å². The molecule has 1 aliphatic heterocycles. The topological polar surface area (TPSA) is 44.6 Å². The fraction of sp³-hybridized carbons (Fsp3) is 0.667. The van der Waals surface area contributed by atoms with Crippen LogP contribution in [0.3, 0.4) is 0 Å². The summed E-state index contributed by atoms with van der Waals surface area (Å²) in [6, 6.07) is 9.81. The van der Waals surface area contributed by atoms with E-state index in [2.05, 4.69) is 57.3 Å². The molecule has 0 aliphatic carbocycles. The number of benzene rings is 1. The average molecular weight is 331 g/mol. The van der Waals surface area contributed by atoms with E-state index in [9.17, 15) is 0 Å². The second kappa shape index (κ2) is 8.66. The molecule has 1 aromatic carbocycles. The Morgan fingerprint density at radius 3 is 2.58 bits per heavy atom. The van der Waals surface area contributed by atoms with E-state index in [-0.39, 0.29) is 12.0 Å². The summed E-state index contributed by atoms with van der Waals surface area (Å²) >= 11 is 0. The Morgan fingerprint density at radius 1 is 1.25 bits per heavy atom. The highest BCUT2D eigenvalue weighted by molar-refractivity contribution is 5.83. The van der Waals surface area contributed by atoms with Crippen LogP contribution in [0, 0.1) is 0 Å². The molecule has 0 aromatic heterocycles. The molecular weight excluding hydrogens is 296 g/mol. The zero-order valence-electron chi connectivity index (χ0n) is 15.8. The molecule has 3 heteroatoms. The van der Waals surface area contributed by atoms with Crippen LogP contribution in [0.2, 0.25) is 0 Å². The van der Waals surface area contributed by atoms with Gasteiger partial charge in [-0.15, -0.1) is 0 Å². The average Bonchev–Trinajstić information content (AvgIpc) is 2.53. The molecule has 1 heterocycles. The first-order chi connectivity index (χ1) is 11.4. The van der Waals surface area contributed by atoms with Gasteiger partial charge >= 0.3 is 0 Å². The first-order valence-corrected chi connectivity index (χ1v) is 9.42. The Balaban J connectivity index is 1.88. The third-order valence-electron chi connectivity index (χ3n) is 4.76. The summed E-state index contributed by atoms with van der Waals surface area (Å²) in [6.45, 7) is 9.26. The first-order valence-electron chi connectivity index (χ1n) is 9.42. The number of rotatable bonds is 6. The van der Waals surface area contributed by atoms with E-state index in [0.717, 1.165) is 37.9 Å². The molecule has 0 saturated carbocycles. The molecule has 24 heavy (non-hydrogen) atoms. The third kappa shape index (κ3) is 5.94. The Hall–Kier alpha value is -1.35. The lowest BCUT2D eigenvalue weighted by atomic mass is 9.86. The highest BCUT2D eigenvalue weighted by Crippen LogP contribution is 2.22. The number of aliphatic imine (C=N–C) groups is 1. The van der Waals surface area contributed by atoms with Gasteiger partial charge in [-0.05, 0) is 55.6 Å². The maximum Gasteiger partial charge on any atom is 0.0968 e. The lowest BCUT2D eigenvalue weighted by Gasteiger charge is -2.24. The van der Waals surface area contributed by atoms with Crippen LogP contribution < -0.4 is 5.32 Å². The fourth-order valence-corrected chi connectivity index (χ4v) is 3.33. The molecule has 1 aromatic rings. The summed E-state index contributed by atoms with van der Waals surface area (Å²) in [5.41, 5.74) is 2.97. The fourth-order valence-electron chi connectivity index (χ4n) is 3.33. The van der Waals surface area contributed by atoms with Gasteiger partial charge in [0.15, 0.2) is 0 Å².